The van der Waals surface area contributed by atoms with Crippen molar-refractivity contribution in [1.29, 1.82) is 0 Å². The third kappa shape index (κ3) is 4.64. The number of rotatable bonds is 4. The zero-order valence-electron chi connectivity index (χ0n) is 26.8. The van der Waals surface area contributed by atoms with Crippen LogP contribution in [0.2, 0.25) is 0 Å². The lowest BCUT2D eigenvalue weighted by molar-refractivity contribution is 0.590. The molecule has 48 heavy (non-hydrogen) atoms. The van der Waals surface area contributed by atoms with Crippen molar-refractivity contribution in [1.82, 2.24) is 24.5 Å². The van der Waals surface area contributed by atoms with Crippen LogP contribution in [0.5, 0.6) is 0 Å². The second-order valence-electron chi connectivity index (χ2n) is 13.2. The van der Waals surface area contributed by atoms with E-state index in [-0.39, 0.29) is 5.41 Å². The second-order valence-corrected chi connectivity index (χ2v) is 13.2. The van der Waals surface area contributed by atoms with Gasteiger partial charge in [0.2, 0.25) is 0 Å². The van der Waals surface area contributed by atoms with E-state index in [1.807, 2.05) is 54.7 Å². The average Bonchev–Trinajstić information content (AvgIpc) is 3.66. The van der Waals surface area contributed by atoms with Crippen LogP contribution in [0, 0.1) is 0 Å². The molecular formula is C42H31N5O. The maximum atomic E-state index is 6.45. The minimum Gasteiger partial charge on any atom is -0.456 e. The molecule has 0 unspecified atom stereocenters. The van der Waals surface area contributed by atoms with E-state index >= 15 is 0 Å². The molecule has 6 heteroatoms. The van der Waals surface area contributed by atoms with Gasteiger partial charge in [-0.15, -0.1) is 0 Å². The fraction of sp³-hybridized carbons (Fsp3) is 0.0952. The predicted octanol–water partition coefficient (Wildman–Crippen LogP) is 10.6. The van der Waals surface area contributed by atoms with Gasteiger partial charge < -0.3 is 4.42 Å². The largest absolute Gasteiger partial charge is 0.456 e. The van der Waals surface area contributed by atoms with Crippen molar-refractivity contribution in [2.75, 3.05) is 0 Å². The van der Waals surface area contributed by atoms with Gasteiger partial charge in [0, 0.05) is 50.5 Å². The molecule has 230 valence electrons. The standard InChI is InChI=1S/C42H31N5O/c1-42(2,3)29-14-9-13-27(23-29)39-44-38(26-11-5-4-6-12-26)45-40(46-39)28-18-21-36-34(24-28)32-20-19-30(25-37(32)48-36)47-35-17-8-7-15-31(35)33-16-10-22-43-41(33)47/h4-25H,1-3H3. The van der Waals surface area contributed by atoms with Gasteiger partial charge in [-0.1, -0.05) is 87.5 Å². The molecule has 0 spiro atoms. The summed E-state index contributed by atoms with van der Waals surface area (Å²) in [6.07, 6.45) is 1.84. The minimum absolute atomic E-state index is 0.000565. The molecule has 0 saturated carbocycles. The highest BCUT2D eigenvalue weighted by Gasteiger charge is 2.19. The maximum Gasteiger partial charge on any atom is 0.164 e. The molecule has 0 N–H and O–H groups in total. The third-order valence-electron chi connectivity index (χ3n) is 9.06. The maximum absolute atomic E-state index is 6.45. The van der Waals surface area contributed by atoms with Gasteiger partial charge in [-0.3, -0.25) is 4.57 Å². The Morgan fingerprint density at radius 2 is 1.23 bits per heavy atom. The Bertz CT molecular complexity index is 2610. The van der Waals surface area contributed by atoms with Gasteiger partial charge in [0.25, 0.3) is 0 Å². The van der Waals surface area contributed by atoms with E-state index < -0.39 is 0 Å². The molecule has 4 aromatic heterocycles. The number of aromatic nitrogens is 5. The first-order valence-electron chi connectivity index (χ1n) is 16.1. The lowest BCUT2D eigenvalue weighted by Crippen LogP contribution is -2.11. The van der Waals surface area contributed by atoms with Gasteiger partial charge in [-0.05, 0) is 65.6 Å². The molecular weight excluding hydrogens is 590 g/mol. The van der Waals surface area contributed by atoms with Crippen LogP contribution >= 0.6 is 0 Å². The Kier molecular flexibility index (Phi) is 6.27. The first kappa shape index (κ1) is 28.1. The number of hydrogen-bond donors (Lipinski definition) is 0. The summed E-state index contributed by atoms with van der Waals surface area (Å²) in [4.78, 5) is 19.7. The number of furan rings is 1. The number of pyridine rings is 1. The van der Waals surface area contributed by atoms with Crippen molar-refractivity contribution in [2.45, 2.75) is 26.2 Å². The Labute approximate surface area is 277 Å². The highest BCUT2D eigenvalue weighted by molar-refractivity contribution is 6.09. The van der Waals surface area contributed by atoms with Crippen LogP contribution in [0.15, 0.2) is 138 Å². The van der Waals surface area contributed by atoms with Crippen LogP contribution in [0.4, 0.5) is 0 Å². The van der Waals surface area contributed by atoms with Crippen molar-refractivity contribution in [3.05, 3.63) is 139 Å². The summed E-state index contributed by atoms with van der Waals surface area (Å²) in [7, 11) is 0. The van der Waals surface area contributed by atoms with Crippen molar-refractivity contribution in [3.63, 3.8) is 0 Å². The fourth-order valence-electron chi connectivity index (χ4n) is 6.58. The lowest BCUT2D eigenvalue weighted by atomic mass is 9.86. The average molecular weight is 622 g/mol. The molecule has 0 amide bonds. The monoisotopic (exact) mass is 621 g/mol. The summed E-state index contributed by atoms with van der Waals surface area (Å²) in [5, 5.41) is 4.33. The normalized spacial score (nSPS) is 12.1. The Morgan fingerprint density at radius 1 is 0.521 bits per heavy atom. The molecule has 0 saturated heterocycles. The zero-order chi connectivity index (χ0) is 32.4. The van der Waals surface area contributed by atoms with E-state index in [1.54, 1.807) is 0 Å². The number of nitrogens with zero attached hydrogens (tertiary/aromatic N) is 5. The predicted molar refractivity (Wildman–Crippen MR) is 194 cm³/mol. The SMILES string of the molecule is CC(C)(C)c1cccc(-c2nc(-c3ccccc3)nc(-c3ccc4oc5cc(-n6c7ccccc7c7cccnc76)ccc5c4c3)n2)c1. The van der Waals surface area contributed by atoms with Crippen LogP contribution in [0.1, 0.15) is 26.3 Å². The number of fused-ring (bicyclic) bond motifs is 6. The molecule has 9 aromatic rings. The Morgan fingerprint density at radius 3 is 2.04 bits per heavy atom. The summed E-state index contributed by atoms with van der Waals surface area (Å²) < 4.78 is 8.65. The molecule has 0 bridgehead atoms. The van der Waals surface area contributed by atoms with Crippen LogP contribution in [-0.4, -0.2) is 24.5 Å². The number of hydrogen-bond acceptors (Lipinski definition) is 5. The smallest absolute Gasteiger partial charge is 0.164 e. The minimum atomic E-state index is -0.000565. The molecule has 0 atom stereocenters. The van der Waals surface area contributed by atoms with Gasteiger partial charge >= 0.3 is 0 Å². The van der Waals surface area contributed by atoms with Crippen LogP contribution < -0.4 is 0 Å². The first-order valence-corrected chi connectivity index (χ1v) is 16.1. The van der Waals surface area contributed by atoms with E-state index in [0.717, 1.165) is 60.9 Å². The van der Waals surface area contributed by atoms with E-state index in [0.29, 0.717) is 17.5 Å². The van der Waals surface area contributed by atoms with Gasteiger partial charge in [-0.25, -0.2) is 19.9 Å². The first-order chi connectivity index (χ1) is 23.4. The highest BCUT2D eigenvalue weighted by atomic mass is 16.3. The lowest BCUT2D eigenvalue weighted by Gasteiger charge is -2.19. The Balaban J connectivity index is 1.19. The molecule has 0 fully saturated rings. The summed E-state index contributed by atoms with van der Waals surface area (Å²) in [5.74, 6) is 1.90. The number of para-hydroxylation sites is 1. The molecule has 9 rings (SSSR count). The third-order valence-corrected chi connectivity index (χ3v) is 9.06. The summed E-state index contributed by atoms with van der Waals surface area (Å²) in [5.41, 5.74) is 8.67. The molecule has 5 aromatic carbocycles. The van der Waals surface area contributed by atoms with Gasteiger partial charge in [0.05, 0.1) is 11.2 Å². The quantitative estimate of drug-likeness (QED) is 0.196. The number of benzene rings is 5. The van der Waals surface area contributed by atoms with Crippen LogP contribution in [0.3, 0.4) is 0 Å². The molecule has 0 radical (unpaired) electrons. The van der Waals surface area contributed by atoms with Crippen molar-refractivity contribution in [3.8, 4) is 39.9 Å². The molecule has 0 aliphatic rings. The van der Waals surface area contributed by atoms with E-state index in [2.05, 4.69) is 104 Å². The van der Waals surface area contributed by atoms with Crippen LogP contribution in [0.25, 0.3) is 83.7 Å². The van der Waals surface area contributed by atoms with E-state index in [9.17, 15) is 0 Å². The molecule has 0 aliphatic heterocycles. The van der Waals surface area contributed by atoms with Crippen molar-refractivity contribution >= 4 is 43.9 Å². The zero-order valence-corrected chi connectivity index (χ0v) is 26.8. The summed E-state index contributed by atoms with van der Waals surface area (Å²) in [6, 6.07) is 43.6. The van der Waals surface area contributed by atoms with Gasteiger partial charge in [0.1, 0.15) is 16.8 Å². The fourth-order valence-corrected chi connectivity index (χ4v) is 6.58. The van der Waals surface area contributed by atoms with Gasteiger partial charge in [-0.2, -0.15) is 0 Å². The van der Waals surface area contributed by atoms with Crippen molar-refractivity contribution in [2.24, 2.45) is 0 Å². The highest BCUT2D eigenvalue weighted by Crippen LogP contribution is 2.36. The molecule has 0 aliphatic carbocycles. The summed E-state index contributed by atoms with van der Waals surface area (Å²) in [6.45, 7) is 6.65. The second kappa shape index (κ2) is 10.7. The molecule has 6 nitrogen and oxygen atoms in total. The Hall–Kier alpha value is -6.14. The summed E-state index contributed by atoms with van der Waals surface area (Å²) >= 11 is 0. The van der Waals surface area contributed by atoms with Crippen LogP contribution in [-0.2, 0) is 5.41 Å². The topological polar surface area (TPSA) is 69.6 Å². The molecule has 4 heterocycles. The van der Waals surface area contributed by atoms with E-state index in [1.165, 1.54) is 10.9 Å². The van der Waals surface area contributed by atoms with E-state index in [4.69, 9.17) is 24.4 Å². The van der Waals surface area contributed by atoms with Crippen molar-refractivity contribution < 1.29 is 4.42 Å². The van der Waals surface area contributed by atoms with Gasteiger partial charge in [0.15, 0.2) is 17.5 Å².